The molecule has 0 fully saturated rings. The normalized spacial score (nSPS) is 16.5. The number of carbonyl (C=O) groups excluding carboxylic acids is 1. The number of rotatable bonds is 2. The SMILES string of the molecule is CC1=NN(c2c(Cl)cc(Cl)cc2Cl)C(=O)/C1=C/c1ccco1. The number of nitrogens with zero attached hydrogens (tertiary/aromatic N) is 2. The van der Waals surface area contributed by atoms with Gasteiger partial charge in [0.05, 0.1) is 27.6 Å². The summed E-state index contributed by atoms with van der Waals surface area (Å²) in [4.78, 5) is 12.6. The average Bonchev–Trinajstić information content (AvgIpc) is 3.02. The zero-order chi connectivity index (χ0) is 15.9. The lowest BCUT2D eigenvalue weighted by atomic mass is 10.1. The van der Waals surface area contributed by atoms with E-state index in [-0.39, 0.29) is 16.0 Å². The van der Waals surface area contributed by atoms with Crippen molar-refractivity contribution in [2.75, 3.05) is 5.01 Å². The van der Waals surface area contributed by atoms with Crippen LogP contribution in [0, 0.1) is 0 Å². The van der Waals surface area contributed by atoms with Crippen LogP contribution in [0.3, 0.4) is 0 Å². The first-order valence-electron chi connectivity index (χ1n) is 6.27. The Morgan fingerprint density at radius 2 is 1.91 bits per heavy atom. The Balaban J connectivity index is 2.04. The smallest absolute Gasteiger partial charge is 0.280 e. The zero-order valence-corrected chi connectivity index (χ0v) is 13.6. The van der Waals surface area contributed by atoms with Crippen molar-refractivity contribution in [1.29, 1.82) is 0 Å². The van der Waals surface area contributed by atoms with Gasteiger partial charge in [-0.05, 0) is 37.3 Å². The van der Waals surface area contributed by atoms with Crippen molar-refractivity contribution in [3.05, 3.63) is 56.9 Å². The van der Waals surface area contributed by atoms with Gasteiger partial charge in [0.15, 0.2) is 0 Å². The maximum Gasteiger partial charge on any atom is 0.280 e. The van der Waals surface area contributed by atoms with Crippen LogP contribution in [0.25, 0.3) is 6.08 Å². The molecule has 1 aliphatic heterocycles. The molecule has 22 heavy (non-hydrogen) atoms. The summed E-state index contributed by atoms with van der Waals surface area (Å²) in [6.07, 6.45) is 3.15. The molecule has 3 rings (SSSR count). The molecule has 4 nitrogen and oxygen atoms in total. The number of anilines is 1. The van der Waals surface area contributed by atoms with Crippen molar-refractivity contribution in [3.8, 4) is 0 Å². The van der Waals surface area contributed by atoms with Crippen LogP contribution < -0.4 is 5.01 Å². The molecule has 0 aliphatic carbocycles. The van der Waals surface area contributed by atoms with E-state index in [4.69, 9.17) is 39.2 Å². The van der Waals surface area contributed by atoms with E-state index in [2.05, 4.69) is 5.10 Å². The third-order valence-electron chi connectivity index (χ3n) is 3.09. The van der Waals surface area contributed by atoms with E-state index in [1.807, 2.05) is 0 Å². The highest BCUT2D eigenvalue weighted by Gasteiger charge is 2.31. The van der Waals surface area contributed by atoms with Gasteiger partial charge in [0, 0.05) is 5.02 Å². The maximum absolute atomic E-state index is 12.6. The Morgan fingerprint density at radius 3 is 2.50 bits per heavy atom. The van der Waals surface area contributed by atoms with Crippen LogP contribution in [0.4, 0.5) is 5.69 Å². The molecule has 0 N–H and O–H groups in total. The van der Waals surface area contributed by atoms with Crippen molar-refractivity contribution < 1.29 is 9.21 Å². The lowest BCUT2D eigenvalue weighted by Crippen LogP contribution is -2.22. The third kappa shape index (κ3) is 2.65. The van der Waals surface area contributed by atoms with Gasteiger partial charge in [0.25, 0.3) is 5.91 Å². The van der Waals surface area contributed by atoms with Gasteiger partial charge in [0.2, 0.25) is 0 Å². The fourth-order valence-electron chi connectivity index (χ4n) is 2.09. The molecule has 7 heteroatoms. The minimum absolute atomic E-state index is 0.252. The van der Waals surface area contributed by atoms with Crippen molar-refractivity contribution in [2.24, 2.45) is 5.10 Å². The Bertz CT molecular complexity index is 787. The largest absolute Gasteiger partial charge is 0.465 e. The van der Waals surface area contributed by atoms with Crippen LogP contribution in [-0.2, 0) is 4.79 Å². The monoisotopic (exact) mass is 354 g/mol. The molecule has 0 saturated heterocycles. The first-order chi connectivity index (χ1) is 10.5. The molecular weight excluding hydrogens is 347 g/mol. The fraction of sp³-hybridized carbons (Fsp3) is 0.0667. The van der Waals surface area contributed by atoms with Gasteiger partial charge in [-0.25, -0.2) is 0 Å². The number of benzene rings is 1. The van der Waals surface area contributed by atoms with Gasteiger partial charge in [-0.15, -0.1) is 0 Å². The van der Waals surface area contributed by atoms with E-state index in [1.165, 1.54) is 23.4 Å². The first kappa shape index (κ1) is 15.2. The maximum atomic E-state index is 12.6. The lowest BCUT2D eigenvalue weighted by molar-refractivity contribution is -0.114. The Morgan fingerprint density at radius 1 is 1.23 bits per heavy atom. The highest BCUT2D eigenvalue weighted by Crippen LogP contribution is 2.39. The second-order valence-corrected chi connectivity index (χ2v) is 5.84. The summed E-state index contributed by atoms with van der Waals surface area (Å²) in [5, 5.41) is 6.29. The molecular formula is C15H9Cl3N2O2. The molecule has 1 aromatic heterocycles. The topological polar surface area (TPSA) is 45.8 Å². The summed E-state index contributed by atoms with van der Waals surface area (Å²) in [7, 11) is 0. The molecule has 0 bridgehead atoms. The van der Waals surface area contributed by atoms with Crippen LogP contribution in [0.2, 0.25) is 15.1 Å². The van der Waals surface area contributed by atoms with Gasteiger partial charge in [-0.3, -0.25) is 4.79 Å². The minimum Gasteiger partial charge on any atom is -0.465 e. The van der Waals surface area contributed by atoms with Gasteiger partial charge in [0.1, 0.15) is 11.4 Å². The summed E-state index contributed by atoms with van der Waals surface area (Å²) in [5.41, 5.74) is 1.26. The van der Waals surface area contributed by atoms with E-state index in [9.17, 15) is 4.79 Å². The van der Waals surface area contributed by atoms with Crippen LogP contribution in [-0.4, -0.2) is 11.6 Å². The molecule has 2 aromatic rings. The molecule has 1 amide bonds. The zero-order valence-electron chi connectivity index (χ0n) is 11.3. The molecule has 0 atom stereocenters. The predicted molar refractivity (Wildman–Crippen MR) is 88.8 cm³/mol. The minimum atomic E-state index is -0.333. The number of hydrogen-bond acceptors (Lipinski definition) is 3. The number of hydrogen-bond donors (Lipinski definition) is 0. The molecule has 1 aromatic carbocycles. The number of hydrazone groups is 1. The van der Waals surface area contributed by atoms with Crippen LogP contribution in [0.5, 0.6) is 0 Å². The Labute approximate surface area is 141 Å². The van der Waals surface area contributed by atoms with Crippen molar-refractivity contribution in [1.82, 2.24) is 0 Å². The highest BCUT2D eigenvalue weighted by atomic mass is 35.5. The van der Waals surface area contributed by atoms with Gasteiger partial charge >= 0.3 is 0 Å². The standard InChI is InChI=1S/C15H9Cl3N2O2/c1-8-11(7-10-3-2-4-22-10)15(21)20(19-8)14-12(17)5-9(16)6-13(14)18/h2-7H,1H3/b11-7+. The van der Waals surface area contributed by atoms with E-state index < -0.39 is 0 Å². The molecule has 0 unspecified atom stereocenters. The van der Waals surface area contributed by atoms with Gasteiger partial charge in [-0.1, -0.05) is 34.8 Å². The van der Waals surface area contributed by atoms with Crippen molar-refractivity contribution in [3.63, 3.8) is 0 Å². The number of amides is 1. The van der Waals surface area contributed by atoms with Crippen LogP contribution in [0.1, 0.15) is 12.7 Å². The second-order valence-electron chi connectivity index (χ2n) is 4.59. The first-order valence-corrected chi connectivity index (χ1v) is 7.40. The van der Waals surface area contributed by atoms with Crippen LogP contribution in [0.15, 0.2) is 45.6 Å². The quantitative estimate of drug-likeness (QED) is 0.708. The molecule has 0 radical (unpaired) electrons. The van der Waals surface area contributed by atoms with E-state index in [1.54, 1.807) is 25.1 Å². The highest BCUT2D eigenvalue weighted by molar-refractivity contribution is 6.44. The Hall–Kier alpha value is -1.75. The molecule has 0 spiro atoms. The number of halogens is 3. The number of carbonyl (C=O) groups is 1. The summed E-state index contributed by atoms with van der Waals surface area (Å²) >= 11 is 18.2. The van der Waals surface area contributed by atoms with E-state index >= 15 is 0 Å². The molecule has 2 heterocycles. The lowest BCUT2D eigenvalue weighted by Gasteiger charge is -2.15. The summed E-state index contributed by atoms with van der Waals surface area (Å²) in [6.45, 7) is 1.73. The van der Waals surface area contributed by atoms with Crippen molar-refractivity contribution in [2.45, 2.75) is 6.92 Å². The summed E-state index contributed by atoms with van der Waals surface area (Å²) < 4.78 is 5.22. The summed E-state index contributed by atoms with van der Waals surface area (Å²) in [5.74, 6) is 0.230. The molecule has 1 aliphatic rings. The van der Waals surface area contributed by atoms with Gasteiger partial charge in [-0.2, -0.15) is 10.1 Å². The average molecular weight is 356 g/mol. The van der Waals surface area contributed by atoms with E-state index in [0.717, 1.165) is 0 Å². The van der Waals surface area contributed by atoms with Gasteiger partial charge < -0.3 is 4.42 Å². The predicted octanol–water partition coefficient (Wildman–Crippen LogP) is 5.05. The third-order valence-corrected chi connectivity index (χ3v) is 3.88. The fourth-order valence-corrected chi connectivity index (χ4v) is 3.07. The Kier molecular flexibility index (Phi) is 4.00. The van der Waals surface area contributed by atoms with Crippen molar-refractivity contribution >= 4 is 58.2 Å². The molecule has 0 saturated carbocycles. The molecule has 112 valence electrons. The number of furan rings is 1. The summed E-state index contributed by atoms with van der Waals surface area (Å²) in [6, 6.07) is 6.51. The van der Waals surface area contributed by atoms with Crippen LogP contribution >= 0.6 is 34.8 Å². The second kappa shape index (κ2) is 5.80. The van der Waals surface area contributed by atoms with E-state index in [0.29, 0.717) is 27.8 Å².